The summed E-state index contributed by atoms with van der Waals surface area (Å²) < 4.78 is 20.8. The Kier molecular flexibility index (Phi) is 8.02. The number of nitrogens with zero attached hydrogens (tertiary/aromatic N) is 5. The standard InChI is InChI=1S/C31H33FN6O2/c1-5-29(30-34-35-36-38(30)18-23-8-12-27(40-4)13-9-23)37(17-22-6-10-26(32)11-7-22)19-25-16-24-14-20(2)21(3)15-28(24)33-31(25)39/h6-16,29H,5,17-19H2,1-4H3,(H,33,39)/t29-/m1/s1. The van der Waals surface area contributed by atoms with Crippen molar-refractivity contribution in [1.29, 1.82) is 0 Å². The lowest BCUT2D eigenvalue weighted by atomic mass is 10.0. The van der Waals surface area contributed by atoms with E-state index in [1.54, 1.807) is 23.9 Å². The largest absolute Gasteiger partial charge is 0.497 e. The van der Waals surface area contributed by atoms with Crippen LogP contribution in [0.15, 0.2) is 71.5 Å². The lowest BCUT2D eigenvalue weighted by Gasteiger charge is -2.30. The Morgan fingerprint density at radius 3 is 2.38 bits per heavy atom. The van der Waals surface area contributed by atoms with E-state index in [-0.39, 0.29) is 17.4 Å². The number of tetrazole rings is 1. The zero-order valence-corrected chi connectivity index (χ0v) is 23.2. The second-order valence-corrected chi connectivity index (χ2v) is 10.1. The summed E-state index contributed by atoms with van der Waals surface area (Å²) in [6.45, 7) is 7.51. The molecule has 206 valence electrons. The van der Waals surface area contributed by atoms with E-state index >= 15 is 0 Å². The van der Waals surface area contributed by atoms with Gasteiger partial charge in [-0.2, -0.15) is 0 Å². The molecule has 5 rings (SSSR count). The average molecular weight is 541 g/mol. The van der Waals surface area contributed by atoms with E-state index in [9.17, 15) is 9.18 Å². The number of benzene rings is 3. The molecule has 0 aliphatic heterocycles. The van der Waals surface area contributed by atoms with Crippen LogP contribution in [-0.2, 0) is 19.6 Å². The summed E-state index contributed by atoms with van der Waals surface area (Å²) in [6.07, 6.45) is 0.702. The Labute approximate surface area is 232 Å². The summed E-state index contributed by atoms with van der Waals surface area (Å²) in [6, 6.07) is 20.1. The topological polar surface area (TPSA) is 88.9 Å². The minimum atomic E-state index is -0.289. The van der Waals surface area contributed by atoms with Crippen LogP contribution in [0.5, 0.6) is 5.75 Å². The number of hydrogen-bond donors (Lipinski definition) is 1. The Balaban J connectivity index is 1.51. The quantitative estimate of drug-likeness (QED) is 0.252. The summed E-state index contributed by atoms with van der Waals surface area (Å²) in [5, 5.41) is 13.7. The highest BCUT2D eigenvalue weighted by molar-refractivity contribution is 5.80. The molecule has 1 N–H and O–H groups in total. The maximum atomic E-state index is 13.7. The van der Waals surface area contributed by atoms with Gasteiger partial charge in [0.1, 0.15) is 11.6 Å². The smallest absolute Gasteiger partial charge is 0.252 e. The third kappa shape index (κ3) is 5.94. The van der Waals surface area contributed by atoms with Crippen molar-refractivity contribution in [2.45, 2.75) is 52.9 Å². The van der Waals surface area contributed by atoms with Gasteiger partial charge < -0.3 is 9.72 Å². The third-order valence-electron chi connectivity index (χ3n) is 7.38. The first-order chi connectivity index (χ1) is 19.3. The van der Waals surface area contributed by atoms with Gasteiger partial charge in [0.25, 0.3) is 5.56 Å². The summed E-state index contributed by atoms with van der Waals surface area (Å²) in [4.78, 5) is 18.5. The fourth-order valence-corrected chi connectivity index (χ4v) is 5.03. The van der Waals surface area contributed by atoms with Gasteiger partial charge in [-0.25, -0.2) is 9.07 Å². The van der Waals surface area contributed by atoms with Crippen molar-refractivity contribution >= 4 is 10.9 Å². The number of ether oxygens (including phenoxy) is 1. The minimum absolute atomic E-state index is 0.132. The highest BCUT2D eigenvalue weighted by Gasteiger charge is 2.26. The van der Waals surface area contributed by atoms with Crippen LogP contribution in [-0.4, -0.2) is 37.2 Å². The Morgan fingerprint density at radius 2 is 1.68 bits per heavy atom. The maximum Gasteiger partial charge on any atom is 0.252 e. The van der Waals surface area contributed by atoms with Gasteiger partial charge in [-0.1, -0.05) is 31.2 Å². The molecule has 0 radical (unpaired) electrons. The van der Waals surface area contributed by atoms with Crippen LogP contribution in [0.2, 0.25) is 0 Å². The SMILES string of the molecule is CC[C@H](c1nnnn1Cc1ccc(OC)cc1)N(Cc1ccc(F)cc1)Cc1cc2cc(C)c(C)cc2[nH]c1=O. The van der Waals surface area contributed by atoms with E-state index in [1.165, 1.54) is 12.1 Å². The van der Waals surface area contributed by atoms with Gasteiger partial charge in [0.15, 0.2) is 5.82 Å². The summed E-state index contributed by atoms with van der Waals surface area (Å²) in [7, 11) is 1.64. The molecule has 0 amide bonds. The molecule has 1 atom stereocenters. The van der Waals surface area contributed by atoms with E-state index in [2.05, 4.69) is 45.3 Å². The van der Waals surface area contributed by atoms with Crippen LogP contribution in [0.3, 0.4) is 0 Å². The molecular formula is C31H33FN6O2. The number of hydrogen-bond acceptors (Lipinski definition) is 6. The number of rotatable bonds is 10. The predicted octanol–water partition coefficient (Wildman–Crippen LogP) is 5.48. The molecule has 40 heavy (non-hydrogen) atoms. The molecule has 0 bridgehead atoms. The van der Waals surface area contributed by atoms with Crippen molar-refractivity contribution in [1.82, 2.24) is 30.1 Å². The first-order valence-electron chi connectivity index (χ1n) is 13.3. The van der Waals surface area contributed by atoms with E-state index in [0.29, 0.717) is 37.4 Å². The molecule has 0 aliphatic carbocycles. The summed E-state index contributed by atoms with van der Waals surface area (Å²) >= 11 is 0. The Bertz CT molecular complexity index is 1660. The highest BCUT2D eigenvalue weighted by Crippen LogP contribution is 2.27. The van der Waals surface area contributed by atoms with Gasteiger partial charge in [-0.05, 0) is 101 Å². The molecule has 0 aliphatic rings. The van der Waals surface area contributed by atoms with E-state index in [1.807, 2.05) is 43.3 Å². The molecule has 2 heterocycles. The van der Waals surface area contributed by atoms with Crippen molar-refractivity contribution < 1.29 is 9.13 Å². The molecule has 5 aromatic rings. The fraction of sp³-hybridized carbons (Fsp3) is 0.290. The Hall–Kier alpha value is -4.37. The van der Waals surface area contributed by atoms with Gasteiger partial charge in [0.2, 0.25) is 0 Å². The van der Waals surface area contributed by atoms with Gasteiger partial charge >= 0.3 is 0 Å². The molecule has 3 aromatic carbocycles. The number of fused-ring (bicyclic) bond motifs is 1. The van der Waals surface area contributed by atoms with E-state index in [4.69, 9.17) is 4.74 Å². The van der Waals surface area contributed by atoms with Crippen LogP contribution in [0.1, 0.15) is 53.0 Å². The lowest BCUT2D eigenvalue weighted by Crippen LogP contribution is -2.32. The van der Waals surface area contributed by atoms with Gasteiger partial charge in [-0.3, -0.25) is 9.69 Å². The molecule has 8 nitrogen and oxygen atoms in total. The zero-order chi connectivity index (χ0) is 28.2. The molecule has 0 saturated heterocycles. The van der Waals surface area contributed by atoms with Crippen LogP contribution in [0, 0.1) is 19.7 Å². The number of H-pyrrole nitrogens is 1. The molecule has 9 heteroatoms. The van der Waals surface area contributed by atoms with Crippen LogP contribution in [0.4, 0.5) is 4.39 Å². The van der Waals surface area contributed by atoms with Gasteiger partial charge in [-0.15, -0.1) is 5.10 Å². The maximum absolute atomic E-state index is 13.7. The van der Waals surface area contributed by atoms with Crippen molar-refractivity contribution in [2.75, 3.05) is 7.11 Å². The monoisotopic (exact) mass is 540 g/mol. The number of aromatic amines is 1. The third-order valence-corrected chi connectivity index (χ3v) is 7.38. The zero-order valence-electron chi connectivity index (χ0n) is 23.2. The van der Waals surface area contributed by atoms with Crippen molar-refractivity contribution in [3.05, 3.63) is 117 Å². The molecule has 0 unspecified atom stereocenters. The van der Waals surface area contributed by atoms with Crippen LogP contribution >= 0.6 is 0 Å². The number of halogens is 1. The average Bonchev–Trinajstić information content (AvgIpc) is 3.40. The van der Waals surface area contributed by atoms with Gasteiger partial charge in [0, 0.05) is 24.2 Å². The summed E-state index contributed by atoms with van der Waals surface area (Å²) in [5.74, 6) is 1.19. The summed E-state index contributed by atoms with van der Waals surface area (Å²) in [5.41, 5.74) is 5.58. The molecular weight excluding hydrogens is 507 g/mol. The van der Waals surface area contributed by atoms with Crippen molar-refractivity contribution in [3.8, 4) is 5.75 Å². The molecule has 0 saturated carbocycles. The van der Waals surface area contributed by atoms with Crippen LogP contribution in [0.25, 0.3) is 10.9 Å². The number of aromatic nitrogens is 5. The number of pyridine rings is 1. The normalized spacial score (nSPS) is 12.2. The molecule has 0 spiro atoms. The van der Waals surface area contributed by atoms with Crippen molar-refractivity contribution in [3.63, 3.8) is 0 Å². The second-order valence-electron chi connectivity index (χ2n) is 10.1. The first kappa shape index (κ1) is 27.2. The fourth-order valence-electron chi connectivity index (χ4n) is 5.03. The minimum Gasteiger partial charge on any atom is -0.497 e. The highest BCUT2D eigenvalue weighted by atomic mass is 19.1. The predicted molar refractivity (Wildman–Crippen MR) is 153 cm³/mol. The van der Waals surface area contributed by atoms with Crippen molar-refractivity contribution in [2.24, 2.45) is 0 Å². The number of methoxy groups -OCH3 is 1. The lowest BCUT2D eigenvalue weighted by molar-refractivity contribution is 0.161. The van der Waals surface area contributed by atoms with Gasteiger partial charge in [0.05, 0.1) is 19.7 Å². The second kappa shape index (κ2) is 11.8. The molecule has 0 fully saturated rings. The van der Waals surface area contributed by atoms with E-state index < -0.39 is 0 Å². The Morgan fingerprint density at radius 1 is 0.975 bits per heavy atom. The van der Waals surface area contributed by atoms with E-state index in [0.717, 1.165) is 38.9 Å². The molecule has 2 aromatic heterocycles. The first-order valence-corrected chi connectivity index (χ1v) is 13.3. The number of nitrogens with one attached hydrogen (secondary N) is 1. The number of aryl methyl sites for hydroxylation is 2. The van der Waals surface area contributed by atoms with Crippen LogP contribution < -0.4 is 10.3 Å².